The second-order valence-electron chi connectivity index (χ2n) is 5.05. The SMILES string of the molecule is CC1CC(Nc2ccc(S(N)(=O)=O)cc2Br)CN1C. The average molecular weight is 348 g/mol. The van der Waals surface area contributed by atoms with Gasteiger partial charge < -0.3 is 10.2 Å². The van der Waals surface area contributed by atoms with Gasteiger partial charge in [0.05, 0.1) is 4.90 Å². The van der Waals surface area contributed by atoms with E-state index in [1.807, 2.05) is 0 Å². The summed E-state index contributed by atoms with van der Waals surface area (Å²) in [6, 6.07) is 5.72. The first-order valence-corrected chi connectivity index (χ1v) is 8.40. The molecule has 0 aromatic heterocycles. The summed E-state index contributed by atoms with van der Waals surface area (Å²) in [6.07, 6.45) is 1.07. The van der Waals surface area contributed by atoms with Crippen LogP contribution in [-0.2, 0) is 10.0 Å². The number of halogens is 1. The Kier molecular flexibility index (Phi) is 4.20. The Morgan fingerprint density at radius 2 is 2.16 bits per heavy atom. The molecule has 1 fully saturated rings. The molecule has 7 heteroatoms. The van der Waals surface area contributed by atoms with Crippen LogP contribution in [-0.4, -0.2) is 39.0 Å². The van der Waals surface area contributed by atoms with Crippen molar-refractivity contribution < 1.29 is 8.42 Å². The smallest absolute Gasteiger partial charge is 0.238 e. The summed E-state index contributed by atoms with van der Waals surface area (Å²) in [5.74, 6) is 0. The Labute approximate surface area is 122 Å². The maximum absolute atomic E-state index is 11.3. The number of nitrogens with one attached hydrogen (secondary N) is 1. The number of rotatable bonds is 3. The molecule has 5 nitrogen and oxygen atoms in total. The highest BCUT2D eigenvalue weighted by Gasteiger charge is 2.26. The maximum Gasteiger partial charge on any atom is 0.238 e. The van der Waals surface area contributed by atoms with E-state index in [1.165, 1.54) is 12.1 Å². The first kappa shape index (κ1) is 14.8. The van der Waals surface area contributed by atoms with Crippen LogP contribution in [0, 0.1) is 0 Å². The van der Waals surface area contributed by atoms with Crippen LogP contribution in [0.5, 0.6) is 0 Å². The number of anilines is 1. The monoisotopic (exact) mass is 347 g/mol. The third kappa shape index (κ3) is 3.47. The third-order valence-electron chi connectivity index (χ3n) is 3.52. The molecule has 2 rings (SSSR count). The standard InChI is InChI=1S/C12H18BrN3O2S/c1-8-5-9(7-16(8)2)15-12-4-3-10(6-11(12)13)19(14,17)18/h3-4,6,8-9,15H,5,7H2,1-2H3,(H2,14,17,18). The highest BCUT2D eigenvalue weighted by molar-refractivity contribution is 9.10. The van der Waals surface area contributed by atoms with E-state index in [1.54, 1.807) is 6.07 Å². The van der Waals surface area contributed by atoms with Crippen molar-refractivity contribution in [1.29, 1.82) is 0 Å². The fraction of sp³-hybridized carbons (Fsp3) is 0.500. The fourth-order valence-electron chi connectivity index (χ4n) is 2.31. The van der Waals surface area contributed by atoms with E-state index >= 15 is 0 Å². The van der Waals surface area contributed by atoms with E-state index in [9.17, 15) is 8.42 Å². The number of likely N-dealkylation sites (N-methyl/N-ethyl adjacent to an activating group) is 1. The minimum atomic E-state index is -3.65. The summed E-state index contributed by atoms with van der Waals surface area (Å²) in [6.45, 7) is 3.17. The van der Waals surface area contributed by atoms with Crippen molar-refractivity contribution in [3.05, 3.63) is 22.7 Å². The molecule has 0 bridgehead atoms. The lowest BCUT2D eigenvalue weighted by atomic mass is 10.2. The lowest BCUT2D eigenvalue weighted by Crippen LogP contribution is -2.25. The van der Waals surface area contributed by atoms with Gasteiger partial charge in [-0.2, -0.15) is 0 Å². The van der Waals surface area contributed by atoms with E-state index < -0.39 is 10.0 Å². The van der Waals surface area contributed by atoms with Crippen LogP contribution in [0.3, 0.4) is 0 Å². The predicted molar refractivity (Wildman–Crippen MR) is 79.6 cm³/mol. The van der Waals surface area contributed by atoms with Crippen molar-refractivity contribution in [1.82, 2.24) is 4.90 Å². The van der Waals surface area contributed by atoms with E-state index in [0.717, 1.165) is 18.7 Å². The number of hydrogen-bond acceptors (Lipinski definition) is 4. The zero-order valence-electron chi connectivity index (χ0n) is 10.9. The Morgan fingerprint density at radius 1 is 1.47 bits per heavy atom. The highest BCUT2D eigenvalue weighted by atomic mass is 79.9. The Hall–Kier alpha value is -0.630. The lowest BCUT2D eigenvalue weighted by molar-refractivity contribution is 0.330. The predicted octanol–water partition coefficient (Wildman–Crippen LogP) is 1.60. The van der Waals surface area contributed by atoms with Gasteiger partial charge in [0.15, 0.2) is 0 Å². The number of hydrogen-bond donors (Lipinski definition) is 2. The van der Waals surface area contributed by atoms with Crippen LogP contribution < -0.4 is 10.5 Å². The van der Waals surface area contributed by atoms with E-state index in [0.29, 0.717) is 16.6 Å². The van der Waals surface area contributed by atoms with E-state index in [2.05, 4.69) is 40.1 Å². The first-order chi connectivity index (χ1) is 8.77. The van der Waals surface area contributed by atoms with Crippen molar-refractivity contribution >= 4 is 31.6 Å². The van der Waals surface area contributed by atoms with Crippen LogP contribution in [0.4, 0.5) is 5.69 Å². The Morgan fingerprint density at radius 3 is 2.63 bits per heavy atom. The molecule has 0 saturated carbocycles. The van der Waals surface area contributed by atoms with Crippen LogP contribution >= 0.6 is 15.9 Å². The van der Waals surface area contributed by atoms with Crippen molar-refractivity contribution in [2.75, 3.05) is 18.9 Å². The topological polar surface area (TPSA) is 75.4 Å². The Balaban J connectivity index is 2.15. The highest BCUT2D eigenvalue weighted by Crippen LogP contribution is 2.28. The summed E-state index contributed by atoms with van der Waals surface area (Å²) in [5.41, 5.74) is 0.889. The third-order valence-corrected chi connectivity index (χ3v) is 5.08. The summed E-state index contributed by atoms with van der Waals surface area (Å²) in [5, 5.41) is 8.52. The molecule has 106 valence electrons. The molecule has 1 aromatic rings. The van der Waals surface area contributed by atoms with Gasteiger partial charge in [-0.1, -0.05) is 0 Å². The molecular formula is C12H18BrN3O2S. The van der Waals surface area contributed by atoms with Gasteiger partial charge in [0.1, 0.15) is 0 Å². The molecule has 19 heavy (non-hydrogen) atoms. The van der Waals surface area contributed by atoms with Gasteiger partial charge in [0.25, 0.3) is 0 Å². The molecule has 0 aliphatic carbocycles. The quantitative estimate of drug-likeness (QED) is 0.870. The molecule has 1 aromatic carbocycles. The first-order valence-electron chi connectivity index (χ1n) is 6.06. The number of primary sulfonamides is 1. The molecule has 1 saturated heterocycles. The second kappa shape index (κ2) is 5.40. The minimum absolute atomic E-state index is 0.113. The van der Waals surface area contributed by atoms with Gasteiger partial charge >= 0.3 is 0 Å². The zero-order chi connectivity index (χ0) is 14.2. The van der Waals surface area contributed by atoms with Crippen molar-refractivity contribution in [2.45, 2.75) is 30.3 Å². The number of nitrogens with two attached hydrogens (primary N) is 1. The zero-order valence-corrected chi connectivity index (χ0v) is 13.3. The molecule has 1 aliphatic rings. The molecule has 0 amide bonds. The van der Waals surface area contributed by atoms with Gasteiger partial charge in [0.2, 0.25) is 10.0 Å². The molecule has 0 spiro atoms. The number of nitrogens with zero attached hydrogens (tertiary/aromatic N) is 1. The molecule has 0 radical (unpaired) electrons. The maximum atomic E-state index is 11.3. The summed E-state index contributed by atoms with van der Waals surface area (Å²) in [7, 11) is -1.55. The number of benzene rings is 1. The van der Waals surface area contributed by atoms with Crippen LogP contribution in [0.25, 0.3) is 0 Å². The molecule has 1 aliphatic heterocycles. The van der Waals surface area contributed by atoms with E-state index in [-0.39, 0.29) is 4.90 Å². The summed E-state index contributed by atoms with van der Waals surface area (Å²) in [4.78, 5) is 2.41. The minimum Gasteiger partial charge on any atom is -0.380 e. The summed E-state index contributed by atoms with van der Waals surface area (Å²) >= 11 is 3.38. The number of likely N-dealkylation sites (tertiary alicyclic amines) is 1. The van der Waals surface area contributed by atoms with Crippen molar-refractivity contribution in [3.63, 3.8) is 0 Å². The second-order valence-corrected chi connectivity index (χ2v) is 7.47. The molecule has 2 atom stereocenters. The lowest BCUT2D eigenvalue weighted by Gasteiger charge is -2.16. The van der Waals surface area contributed by atoms with Crippen molar-refractivity contribution in [2.24, 2.45) is 5.14 Å². The van der Waals surface area contributed by atoms with Gasteiger partial charge in [0, 0.05) is 28.8 Å². The fourth-order valence-corrected chi connectivity index (χ4v) is 3.49. The normalized spacial score (nSPS) is 24.6. The van der Waals surface area contributed by atoms with Gasteiger partial charge in [-0.3, -0.25) is 0 Å². The summed E-state index contributed by atoms with van der Waals surface area (Å²) < 4.78 is 23.2. The van der Waals surface area contributed by atoms with E-state index in [4.69, 9.17) is 5.14 Å². The Bertz CT molecular complexity index is 566. The molecule has 2 unspecified atom stereocenters. The van der Waals surface area contributed by atoms with Crippen LogP contribution in [0.15, 0.2) is 27.6 Å². The number of sulfonamides is 1. The van der Waals surface area contributed by atoms with Crippen LogP contribution in [0.2, 0.25) is 0 Å². The van der Waals surface area contributed by atoms with Crippen molar-refractivity contribution in [3.8, 4) is 0 Å². The average Bonchev–Trinajstić information content (AvgIpc) is 2.59. The van der Waals surface area contributed by atoms with Gasteiger partial charge in [-0.25, -0.2) is 13.6 Å². The van der Waals surface area contributed by atoms with Crippen LogP contribution in [0.1, 0.15) is 13.3 Å². The largest absolute Gasteiger partial charge is 0.380 e. The van der Waals surface area contributed by atoms with Gasteiger partial charge in [-0.15, -0.1) is 0 Å². The molecular weight excluding hydrogens is 330 g/mol. The molecule has 1 heterocycles. The molecule has 3 N–H and O–H groups in total. The van der Waals surface area contributed by atoms with Gasteiger partial charge in [-0.05, 0) is 54.5 Å².